The molecule has 2 rings (SSSR count). The molecule has 0 unspecified atom stereocenters. The van der Waals surface area contributed by atoms with Crippen molar-refractivity contribution < 1.29 is 23.1 Å². The van der Waals surface area contributed by atoms with E-state index in [4.69, 9.17) is 9.84 Å². The molecule has 0 saturated carbocycles. The molecule has 0 aromatic heterocycles. The van der Waals surface area contributed by atoms with Crippen LogP contribution in [0.3, 0.4) is 0 Å². The summed E-state index contributed by atoms with van der Waals surface area (Å²) >= 11 is 0. The first kappa shape index (κ1) is 12.4. The zero-order chi connectivity index (χ0) is 13.3. The van der Waals surface area contributed by atoms with Crippen LogP contribution in [0.15, 0.2) is 41.3 Å². The van der Waals surface area contributed by atoms with E-state index in [1.807, 2.05) is 0 Å². The van der Waals surface area contributed by atoms with Gasteiger partial charge in [-0.25, -0.2) is 13.2 Å². The summed E-state index contributed by atoms with van der Waals surface area (Å²) in [5.74, 6) is -1.08. The molecule has 18 heavy (non-hydrogen) atoms. The van der Waals surface area contributed by atoms with Gasteiger partial charge in [-0.15, -0.1) is 0 Å². The number of benzene rings is 1. The predicted octanol–water partition coefficient (Wildman–Crippen LogP) is 1.43. The number of carboxylic acid groups (broad SMARTS) is 1. The number of para-hydroxylation sites is 1. The standard InChI is InChI=1S/C12H10O5S/c1-17-9-5-3-2-4-8(9)10-6-7-11(12(13)14)18(10,15)16/h2-7H,1H3,(H,13,14). The lowest BCUT2D eigenvalue weighted by atomic mass is 10.2. The predicted molar refractivity (Wildman–Crippen MR) is 65.6 cm³/mol. The van der Waals surface area contributed by atoms with Crippen LogP contribution < -0.4 is 4.74 Å². The topological polar surface area (TPSA) is 80.7 Å². The number of sulfone groups is 1. The summed E-state index contributed by atoms with van der Waals surface area (Å²) in [6.07, 6.45) is 2.36. The van der Waals surface area contributed by atoms with Crippen LogP contribution in [-0.2, 0) is 14.6 Å². The lowest BCUT2D eigenvalue weighted by Gasteiger charge is -2.09. The van der Waals surface area contributed by atoms with E-state index in [1.54, 1.807) is 24.3 Å². The molecule has 0 radical (unpaired) electrons. The Morgan fingerprint density at radius 2 is 1.89 bits per heavy atom. The van der Waals surface area contributed by atoms with E-state index in [2.05, 4.69) is 0 Å². The van der Waals surface area contributed by atoms with E-state index < -0.39 is 20.7 Å². The van der Waals surface area contributed by atoms with E-state index >= 15 is 0 Å². The summed E-state index contributed by atoms with van der Waals surface area (Å²) in [7, 11) is -2.55. The van der Waals surface area contributed by atoms with Crippen molar-refractivity contribution in [3.05, 3.63) is 46.9 Å². The average Bonchev–Trinajstić information content (AvgIpc) is 2.64. The minimum atomic E-state index is -3.97. The average molecular weight is 266 g/mol. The Balaban J connectivity index is 2.54. The molecule has 0 fully saturated rings. The van der Waals surface area contributed by atoms with Crippen LogP contribution in [0.5, 0.6) is 5.75 Å². The maximum absolute atomic E-state index is 12.0. The second-order valence-electron chi connectivity index (χ2n) is 3.57. The van der Waals surface area contributed by atoms with Gasteiger partial charge in [-0.2, -0.15) is 0 Å². The fraction of sp³-hybridized carbons (Fsp3) is 0.0833. The van der Waals surface area contributed by atoms with Gasteiger partial charge in [0.2, 0.25) is 9.84 Å². The van der Waals surface area contributed by atoms with E-state index in [-0.39, 0.29) is 4.91 Å². The van der Waals surface area contributed by atoms with Crippen LogP contribution in [0, 0.1) is 0 Å². The molecule has 1 aromatic rings. The molecule has 1 heterocycles. The van der Waals surface area contributed by atoms with Crippen molar-refractivity contribution in [3.63, 3.8) is 0 Å². The summed E-state index contributed by atoms with van der Waals surface area (Å²) in [5, 5.41) is 8.83. The van der Waals surface area contributed by atoms with Gasteiger partial charge in [0.05, 0.1) is 12.0 Å². The molecule has 1 aromatic carbocycles. The van der Waals surface area contributed by atoms with Gasteiger partial charge in [-0.05, 0) is 24.3 Å². The van der Waals surface area contributed by atoms with E-state index in [0.29, 0.717) is 11.3 Å². The Morgan fingerprint density at radius 1 is 1.22 bits per heavy atom. The zero-order valence-electron chi connectivity index (χ0n) is 9.45. The van der Waals surface area contributed by atoms with Crippen molar-refractivity contribution in [1.29, 1.82) is 0 Å². The third-order valence-electron chi connectivity index (χ3n) is 2.55. The Bertz CT molecular complexity index is 667. The first-order chi connectivity index (χ1) is 8.48. The molecule has 0 saturated heterocycles. The van der Waals surface area contributed by atoms with E-state index in [9.17, 15) is 13.2 Å². The van der Waals surface area contributed by atoms with Gasteiger partial charge in [-0.3, -0.25) is 0 Å². The Kier molecular flexibility index (Phi) is 2.96. The lowest BCUT2D eigenvalue weighted by Crippen LogP contribution is -2.11. The number of hydrogen-bond donors (Lipinski definition) is 1. The minimum Gasteiger partial charge on any atom is -0.496 e. The molecule has 5 nitrogen and oxygen atoms in total. The molecule has 1 aliphatic rings. The fourth-order valence-electron chi connectivity index (χ4n) is 1.72. The van der Waals surface area contributed by atoms with Crippen LogP contribution in [0.2, 0.25) is 0 Å². The molecular formula is C12H10O5S. The highest BCUT2D eigenvalue weighted by atomic mass is 32.2. The van der Waals surface area contributed by atoms with Gasteiger partial charge in [0.15, 0.2) is 4.91 Å². The number of aliphatic carboxylic acids is 1. The highest BCUT2D eigenvalue weighted by Crippen LogP contribution is 2.36. The third-order valence-corrected chi connectivity index (χ3v) is 4.37. The summed E-state index contributed by atoms with van der Waals surface area (Å²) in [6.45, 7) is 0. The SMILES string of the molecule is COc1ccccc1C1=CC=C(C(=O)O)S1(=O)=O. The maximum Gasteiger partial charge on any atom is 0.347 e. The van der Waals surface area contributed by atoms with Crippen molar-refractivity contribution in [2.24, 2.45) is 0 Å². The van der Waals surface area contributed by atoms with Crippen LogP contribution in [0.25, 0.3) is 4.91 Å². The van der Waals surface area contributed by atoms with Crippen molar-refractivity contribution in [1.82, 2.24) is 0 Å². The van der Waals surface area contributed by atoms with Gasteiger partial charge in [0, 0.05) is 5.56 Å². The van der Waals surface area contributed by atoms with Gasteiger partial charge < -0.3 is 9.84 Å². The quantitative estimate of drug-likeness (QED) is 0.895. The van der Waals surface area contributed by atoms with Gasteiger partial charge in [-0.1, -0.05) is 12.1 Å². The minimum absolute atomic E-state index is 0.0580. The number of hydrogen-bond acceptors (Lipinski definition) is 4. The van der Waals surface area contributed by atoms with Crippen LogP contribution >= 0.6 is 0 Å². The number of rotatable bonds is 3. The summed E-state index contributed by atoms with van der Waals surface area (Å²) in [5.41, 5.74) is 0.354. The maximum atomic E-state index is 12.0. The fourth-order valence-corrected chi connectivity index (χ4v) is 3.14. The summed E-state index contributed by atoms with van der Waals surface area (Å²) < 4.78 is 29.1. The molecule has 0 spiro atoms. The first-order valence-electron chi connectivity index (χ1n) is 5.02. The molecule has 6 heteroatoms. The van der Waals surface area contributed by atoms with E-state index in [0.717, 1.165) is 6.08 Å². The molecule has 1 aliphatic heterocycles. The summed E-state index contributed by atoms with van der Waals surface area (Å²) in [4.78, 5) is 10.2. The summed E-state index contributed by atoms with van der Waals surface area (Å²) in [6, 6.07) is 6.55. The lowest BCUT2D eigenvalue weighted by molar-refractivity contribution is -0.131. The smallest absolute Gasteiger partial charge is 0.347 e. The van der Waals surface area contributed by atoms with Gasteiger partial charge in [0.25, 0.3) is 0 Å². The van der Waals surface area contributed by atoms with Crippen LogP contribution in [0.4, 0.5) is 0 Å². The number of carbonyl (C=O) groups is 1. The normalized spacial score (nSPS) is 16.9. The Morgan fingerprint density at radius 3 is 2.44 bits per heavy atom. The molecule has 0 atom stereocenters. The molecule has 1 N–H and O–H groups in total. The highest BCUT2D eigenvalue weighted by Gasteiger charge is 2.34. The number of methoxy groups -OCH3 is 1. The molecule has 94 valence electrons. The van der Waals surface area contributed by atoms with Crippen LogP contribution in [-0.4, -0.2) is 26.6 Å². The molecule has 0 aliphatic carbocycles. The third kappa shape index (κ3) is 1.80. The Hall–Kier alpha value is -2.08. The Labute approximate surface area is 104 Å². The second-order valence-corrected chi connectivity index (χ2v) is 5.46. The highest BCUT2D eigenvalue weighted by molar-refractivity contribution is 8.05. The monoisotopic (exact) mass is 266 g/mol. The molecule has 0 bridgehead atoms. The van der Waals surface area contributed by atoms with E-state index in [1.165, 1.54) is 13.2 Å². The van der Waals surface area contributed by atoms with Crippen molar-refractivity contribution >= 4 is 20.7 Å². The van der Waals surface area contributed by atoms with Crippen LogP contribution in [0.1, 0.15) is 5.56 Å². The number of ether oxygens (including phenoxy) is 1. The molecular weight excluding hydrogens is 256 g/mol. The number of carboxylic acids is 1. The number of allylic oxidation sites excluding steroid dienone is 2. The first-order valence-corrected chi connectivity index (χ1v) is 6.50. The zero-order valence-corrected chi connectivity index (χ0v) is 10.3. The van der Waals surface area contributed by atoms with Gasteiger partial charge in [0.1, 0.15) is 5.75 Å². The second kappa shape index (κ2) is 4.30. The van der Waals surface area contributed by atoms with Gasteiger partial charge >= 0.3 is 5.97 Å². The van der Waals surface area contributed by atoms with Crippen molar-refractivity contribution in [3.8, 4) is 5.75 Å². The van der Waals surface area contributed by atoms with Crippen molar-refractivity contribution in [2.75, 3.05) is 7.11 Å². The molecule has 0 amide bonds. The largest absolute Gasteiger partial charge is 0.496 e. The van der Waals surface area contributed by atoms with Crippen molar-refractivity contribution in [2.45, 2.75) is 0 Å².